The van der Waals surface area contributed by atoms with E-state index in [1.54, 1.807) is 0 Å². The zero-order chi connectivity index (χ0) is 10.6. The molecule has 0 spiro atoms. The zero-order valence-electron chi connectivity index (χ0n) is 8.79. The lowest BCUT2D eigenvalue weighted by Gasteiger charge is -2.05. The summed E-state index contributed by atoms with van der Waals surface area (Å²) >= 11 is 0. The molecule has 15 heavy (non-hydrogen) atoms. The molecule has 2 heteroatoms. The van der Waals surface area contributed by atoms with E-state index in [9.17, 15) is 4.79 Å². The molecule has 84 valence electrons. The maximum Gasteiger partial charge on any atom is 0.221 e. The highest BCUT2D eigenvalue weighted by Gasteiger charge is 2.00. The summed E-state index contributed by atoms with van der Waals surface area (Å²) in [4.78, 5) is 10.7. The predicted octanol–water partition coefficient (Wildman–Crippen LogP) is 2.55. The van der Waals surface area contributed by atoms with Crippen LogP contribution >= 0.6 is 0 Å². The maximum absolute atomic E-state index is 10.7. The van der Waals surface area contributed by atoms with Crippen molar-refractivity contribution in [2.24, 2.45) is 11.7 Å². The minimum atomic E-state index is -0.276. The Balaban J connectivity index is 0.00000196. The quantitative estimate of drug-likeness (QED) is 0.810. The minimum Gasteiger partial charge on any atom is -0.369 e. The van der Waals surface area contributed by atoms with Gasteiger partial charge in [0.05, 0.1) is 6.42 Å². The summed E-state index contributed by atoms with van der Waals surface area (Å²) in [5, 5.41) is 0. The fraction of sp³-hybridized carbons (Fsp3) is 0.462. The molecule has 0 aromatic heterocycles. The Hall–Kier alpha value is -1.31. The number of hydrogen-bond donors (Lipinski definition) is 1. The van der Waals surface area contributed by atoms with Crippen LogP contribution in [-0.4, -0.2) is 5.91 Å². The lowest BCUT2D eigenvalue weighted by atomic mass is 10.0. The Bertz CT molecular complexity index is 301. The van der Waals surface area contributed by atoms with Crippen LogP contribution in [0.15, 0.2) is 24.3 Å². The Labute approximate surface area is 92.5 Å². The van der Waals surface area contributed by atoms with Crippen LogP contribution in [-0.2, 0) is 17.6 Å². The highest BCUT2D eigenvalue weighted by Crippen LogP contribution is 2.09. The average molecular weight is 207 g/mol. The fourth-order valence-corrected chi connectivity index (χ4v) is 1.47. The van der Waals surface area contributed by atoms with Crippen LogP contribution in [0.5, 0.6) is 0 Å². The molecule has 2 nitrogen and oxygen atoms in total. The number of carbonyl (C=O) groups is 1. The molecule has 2 N–H and O–H groups in total. The molecule has 1 aromatic rings. The normalized spacial score (nSPS) is 9.80. The van der Waals surface area contributed by atoms with Gasteiger partial charge in [-0.3, -0.25) is 4.79 Å². The fourth-order valence-electron chi connectivity index (χ4n) is 1.47. The van der Waals surface area contributed by atoms with Crippen molar-refractivity contribution in [1.29, 1.82) is 0 Å². The van der Waals surface area contributed by atoms with E-state index in [0.29, 0.717) is 12.3 Å². The summed E-state index contributed by atoms with van der Waals surface area (Å²) < 4.78 is 0. The molecule has 0 aliphatic carbocycles. The van der Waals surface area contributed by atoms with Gasteiger partial charge >= 0.3 is 0 Å². The van der Waals surface area contributed by atoms with E-state index in [2.05, 4.69) is 26.0 Å². The average Bonchev–Trinajstić information content (AvgIpc) is 2.06. The van der Waals surface area contributed by atoms with Gasteiger partial charge in [-0.05, 0) is 23.5 Å². The number of hydrogen-bond acceptors (Lipinski definition) is 1. The third-order valence-electron chi connectivity index (χ3n) is 2.05. The summed E-state index contributed by atoms with van der Waals surface area (Å²) in [6.07, 6.45) is 1.42. The first kappa shape index (κ1) is 13.7. The monoisotopic (exact) mass is 207 g/mol. The molecule has 0 fully saturated rings. The Morgan fingerprint density at radius 1 is 1.20 bits per heavy atom. The van der Waals surface area contributed by atoms with Crippen molar-refractivity contribution in [2.75, 3.05) is 0 Å². The molecule has 0 bridgehead atoms. The number of rotatable bonds is 4. The Morgan fingerprint density at radius 2 is 1.67 bits per heavy atom. The number of carbonyl (C=O) groups excluding carboxylic acids is 1. The van der Waals surface area contributed by atoms with Crippen molar-refractivity contribution < 1.29 is 4.79 Å². The summed E-state index contributed by atoms with van der Waals surface area (Å²) in [6.45, 7) is 4.38. The summed E-state index contributed by atoms with van der Waals surface area (Å²) in [5.41, 5.74) is 7.41. The molecule has 0 unspecified atom stereocenters. The van der Waals surface area contributed by atoms with Gasteiger partial charge in [-0.1, -0.05) is 45.5 Å². The van der Waals surface area contributed by atoms with Crippen LogP contribution in [0.2, 0.25) is 0 Å². The lowest BCUT2D eigenvalue weighted by molar-refractivity contribution is -0.117. The van der Waals surface area contributed by atoms with E-state index in [-0.39, 0.29) is 13.3 Å². The summed E-state index contributed by atoms with van der Waals surface area (Å²) in [5.74, 6) is 0.388. The van der Waals surface area contributed by atoms with Crippen molar-refractivity contribution in [2.45, 2.75) is 34.1 Å². The molecule has 0 saturated carbocycles. The first-order valence-electron chi connectivity index (χ1n) is 4.94. The van der Waals surface area contributed by atoms with Gasteiger partial charge in [0.1, 0.15) is 0 Å². The van der Waals surface area contributed by atoms with E-state index in [1.165, 1.54) is 5.56 Å². The van der Waals surface area contributed by atoms with E-state index < -0.39 is 0 Å². The molecule has 0 atom stereocenters. The van der Waals surface area contributed by atoms with E-state index in [0.717, 1.165) is 12.0 Å². The summed E-state index contributed by atoms with van der Waals surface area (Å²) in [6, 6.07) is 8.08. The smallest absolute Gasteiger partial charge is 0.221 e. The maximum atomic E-state index is 10.7. The second kappa shape index (κ2) is 6.23. The van der Waals surface area contributed by atoms with Gasteiger partial charge in [0, 0.05) is 0 Å². The molecular formula is C13H21NO. The first-order valence-corrected chi connectivity index (χ1v) is 4.94. The second-order valence-corrected chi connectivity index (χ2v) is 4.06. The van der Waals surface area contributed by atoms with Crippen LogP contribution < -0.4 is 5.73 Å². The van der Waals surface area contributed by atoms with Crippen LogP contribution in [0.1, 0.15) is 32.4 Å². The standard InChI is InChI=1S/C12H17NO.CH4/c1-9(2)7-10-3-5-11(6-4-10)8-12(13)14;/h3-6,9H,7-8H2,1-2H3,(H2,13,14);1H4. The van der Waals surface area contributed by atoms with E-state index >= 15 is 0 Å². The van der Waals surface area contributed by atoms with Gasteiger partial charge in [-0.2, -0.15) is 0 Å². The molecule has 1 amide bonds. The van der Waals surface area contributed by atoms with Crippen molar-refractivity contribution in [1.82, 2.24) is 0 Å². The van der Waals surface area contributed by atoms with Gasteiger partial charge in [-0.15, -0.1) is 0 Å². The Morgan fingerprint density at radius 3 is 2.07 bits per heavy atom. The van der Waals surface area contributed by atoms with Crippen LogP contribution in [0, 0.1) is 5.92 Å². The molecule has 0 heterocycles. The largest absolute Gasteiger partial charge is 0.369 e. The second-order valence-electron chi connectivity index (χ2n) is 4.06. The number of primary amides is 1. The van der Waals surface area contributed by atoms with Crippen LogP contribution in [0.25, 0.3) is 0 Å². The number of benzene rings is 1. The van der Waals surface area contributed by atoms with Gasteiger partial charge in [0.25, 0.3) is 0 Å². The van der Waals surface area contributed by atoms with Crippen molar-refractivity contribution in [3.05, 3.63) is 35.4 Å². The highest BCUT2D eigenvalue weighted by atomic mass is 16.1. The molecule has 0 saturated heterocycles. The topological polar surface area (TPSA) is 43.1 Å². The third kappa shape index (κ3) is 5.21. The molecule has 1 aromatic carbocycles. The van der Waals surface area contributed by atoms with Crippen LogP contribution in [0.3, 0.4) is 0 Å². The van der Waals surface area contributed by atoms with Crippen molar-refractivity contribution >= 4 is 5.91 Å². The number of nitrogens with two attached hydrogens (primary N) is 1. The zero-order valence-corrected chi connectivity index (χ0v) is 8.79. The minimum absolute atomic E-state index is 0. The van der Waals surface area contributed by atoms with Gasteiger partial charge in [-0.25, -0.2) is 0 Å². The molecule has 0 aliphatic heterocycles. The first-order chi connectivity index (χ1) is 6.58. The summed E-state index contributed by atoms with van der Waals surface area (Å²) in [7, 11) is 0. The molecule has 0 radical (unpaired) electrons. The SMILES string of the molecule is C.CC(C)Cc1ccc(CC(N)=O)cc1. The molecular weight excluding hydrogens is 186 g/mol. The van der Waals surface area contributed by atoms with Crippen molar-refractivity contribution in [3.8, 4) is 0 Å². The van der Waals surface area contributed by atoms with E-state index in [4.69, 9.17) is 5.73 Å². The predicted molar refractivity (Wildman–Crippen MR) is 64.6 cm³/mol. The van der Waals surface area contributed by atoms with Gasteiger partial charge in [0.2, 0.25) is 5.91 Å². The lowest BCUT2D eigenvalue weighted by Crippen LogP contribution is -2.13. The third-order valence-corrected chi connectivity index (χ3v) is 2.05. The van der Waals surface area contributed by atoms with Gasteiger partial charge in [0.15, 0.2) is 0 Å². The molecule has 1 rings (SSSR count). The number of amides is 1. The highest BCUT2D eigenvalue weighted by molar-refractivity contribution is 5.76. The van der Waals surface area contributed by atoms with Gasteiger partial charge < -0.3 is 5.73 Å². The Kier molecular flexibility index (Phi) is 5.68. The van der Waals surface area contributed by atoms with Crippen LogP contribution in [0.4, 0.5) is 0 Å². The van der Waals surface area contributed by atoms with E-state index in [1.807, 2.05) is 12.1 Å². The molecule has 0 aliphatic rings. The van der Waals surface area contributed by atoms with Crippen molar-refractivity contribution in [3.63, 3.8) is 0 Å².